The molecule has 2 aromatic carbocycles. The molecule has 0 fully saturated rings. The molecule has 166 valence electrons. The number of carbonyl (C=O) groups is 1. The molecule has 0 radical (unpaired) electrons. The van der Waals surface area contributed by atoms with Gasteiger partial charge in [-0.2, -0.15) is 10.5 Å². The number of allylic oxidation sites excluding steroid dienone is 3. The van der Waals surface area contributed by atoms with Gasteiger partial charge >= 0.3 is 0 Å². The molecule has 0 saturated carbocycles. The number of benzene rings is 2. The Morgan fingerprint density at radius 1 is 1.15 bits per heavy atom. The molecule has 1 aliphatic carbocycles. The average molecular weight is 568 g/mol. The SMILES string of the molecule is CN1C(N)=C(C#N)[C@@H](c2cc(Br)c(OCc3ccccc3C#N)c(Br)c2)C2=C1CCCC2=O. The van der Waals surface area contributed by atoms with Gasteiger partial charge in [0, 0.05) is 30.3 Å². The molecule has 0 saturated heterocycles. The van der Waals surface area contributed by atoms with Gasteiger partial charge in [-0.3, -0.25) is 4.79 Å². The summed E-state index contributed by atoms with van der Waals surface area (Å²) >= 11 is 7.17. The van der Waals surface area contributed by atoms with Crippen molar-refractivity contribution < 1.29 is 9.53 Å². The topological polar surface area (TPSA) is 103 Å². The molecule has 1 atom stereocenters. The molecule has 6 nitrogen and oxygen atoms in total. The summed E-state index contributed by atoms with van der Waals surface area (Å²) in [5.74, 6) is 0.458. The van der Waals surface area contributed by atoms with Crippen LogP contribution in [0.1, 0.15) is 41.9 Å². The molecule has 33 heavy (non-hydrogen) atoms. The minimum absolute atomic E-state index is 0.0500. The van der Waals surface area contributed by atoms with Gasteiger partial charge in [-0.15, -0.1) is 0 Å². The van der Waals surface area contributed by atoms with Crippen LogP contribution in [0.4, 0.5) is 0 Å². The van der Waals surface area contributed by atoms with E-state index in [-0.39, 0.29) is 12.4 Å². The zero-order valence-corrected chi connectivity index (χ0v) is 21.0. The molecule has 1 heterocycles. The maximum absolute atomic E-state index is 13.0. The lowest BCUT2D eigenvalue weighted by molar-refractivity contribution is -0.116. The Morgan fingerprint density at radius 2 is 1.85 bits per heavy atom. The van der Waals surface area contributed by atoms with Crippen molar-refractivity contribution in [2.24, 2.45) is 5.73 Å². The summed E-state index contributed by atoms with van der Waals surface area (Å²) in [5, 5.41) is 19.2. The van der Waals surface area contributed by atoms with Crippen LogP contribution in [0.25, 0.3) is 0 Å². The first-order chi connectivity index (χ1) is 15.9. The minimum Gasteiger partial charge on any atom is -0.486 e. The lowest BCUT2D eigenvalue weighted by atomic mass is 9.76. The van der Waals surface area contributed by atoms with Crippen molar-refractivity contribution in [3.8, 4) is 17.9 Å². The first kappa shape index (κ1) is 23.1. The third kappa shape index (κ3) is 4.17. The number of hydrogen-bond donors (Lipinski definition) is 1. The number of rotatable bonds is 4. The van der Waals surface area contributed by atoms with Crippen LogP contribution in [0.2, 0.25) is 0 Å². The Morgan fingerprint density at radius 3 is 2.52 bits per heavy atom. The van der Waals surface area contributed by atoms with Crippen LogP contribution >= 0.6 is 31.9 Å². The van der Waals surface area contributed by atoms with Gasteiger partial charge in [0.15, 0.2) is 5.78 Å². The van der Waals surface area contributed by atoms with E-state index >= 15 is 0 Å². The number of hydrogen-bond acceptors (Lipinski definition) is 6. The maximum atomic E-state index is 13.0. The number of nitrogens with zero attached hydrogens (tertiary/aromatic N) is 3. The lowest BCUT2D eigenvalue weighted by Gasteiger charge is -2.37. The van der Waals surface area contributed by atoms with E-state index in [1.54, 1.807) is 18.0 Å². The van der Waals surface area contributed by atoms with Crippen molar-refractivity contribution in [2.75, 3.05) is 7.05 Å². The van der Waals surface area contributed by atoms with Gasteiger partial charge in [0.2, 0.25) is 0 Å². The molecule has 2 aliphatic rings. The summed E-state index contributed by atoms with van der Waals surface area (Å²) < 4.78 is 7.36. The van der Waals surface area contributed by atoms with E-state index in [1.165, 1.54) is 0 Å². The number of ketones is 1. The molecular weight excluding hydrogens is 548 g/mol. The van der Waals surface area contributed by atoms with Crippen LogP contribution in [0, 0.1) is 22.7 Å². The zero-order valence-electron chi connectivity index (χ0n) is 17.9. The Balaban J connectivity index is 1.74. The van der Waals surface area contributed by atoms with Crippen molar-refractivity contribution >= 4 is 37.6 Å². The third-order valence-electron chi connectivity index (χ3n) is 6.03. The van der Waals surface area contributed by atoms with Crippen LogP contribution in [0.5, 0.6) is 5.75 Å². The van der Waals surface area contributed by atoms with Crippen molar-refractivity contribution in [3.05, 3.63) is 84.7 Å². The number of Topliss-reactive ketones (excluding diaryl/α,β-unsaturated/α-hetero) is 1. The smallest absolute Gasteiger partial charge is 0.161 e. The van der Waals surface area contributed by atoms with E-state index in [1.807, 2.05) is 30.3 Å². The van der Waals surface area contributed by atoms with Gasteiger partial charge in [-0.05, 0) is 68.5 Å². The number of ether oxygens (including phenoxy) is 1. The molecule has 1 aliphatic heterocycles. The van der Waals surface area contributed by atoms with E-state index in [4.69, 9.17) is 10.5 Å². The lowest BCUT2D eigenvalue weighted by Crippen LogP contribution is -2.36. The minimum atomic E-state index is -0.532. The summed E-state index contributed by atoms with van der Waals surface area (Å²) in [5.41, 5.74) is 10.3. The molecule has 0 bridgehead atoms. The number of nitriles is 2. The van der Waals surface area contributed by atoms with Gasteiger partial charge < -0.3 is 15.4 Å². The zero-order chi connectivity index (χ0) is 23.7. The molecule has 2 aromatic rings. The normalized spacial score (nSPS) is 18.0. The van der Waals surface area contributed by atoms with Crippen molar-refractivity contribution in [1.29, 1.82) is 10.5 Å². The predicted octanol–water partition coefficient (Wildman–Crippen LogP) is 5.39. The van der Waals surface area contributed by atoms with Crippen LogP contribution in [-0.4, -0.2) is 17.7 Å². The maximum Gasteiger partial charge on any atom is 0.161 e. The fraction of sp³-hybridized carbons (Fsp3) is 0.240. The number of halogens is 2. The third-order valence-corrected chi connectivity index (χ3v) is 7.21. The highest BCUT2D eigenvalue weighted by Gasteiger charge is 2.39. The highest BCUT2D eigenvalue weighted by molar-refractivity contribution is 9.11. The van der Waals surface area contributed by atoms with E-state index in [0.717, 1.165) is 29.7 Å². The predicted molar refractivity (Wildman–Crippen MR) is 131 cm³/mol. The van der Waals surface area contributed by atoms with E-state index in [2.05, 4.69) is 44.0 Å². The quantitative estimate of drug-likeness (QED) is 0.531. The summed E-state index contributed by atoms with van der Waals surface area (Å²) in [6.45, 7) is 0.221. The number of carbonyl (C=O) groups excluding carboxylic acids is 1. The van der Waals surface area contributed by atoms with Crippen molar-refractivity contribution in [3.63, 3.8) is 0 Å². The molecule has 0 amide bonds. The largest absolute Gasteiger partial charge is 0.486 e. The second-order valence-corrected chi connectivity index (χ2v) is 9.62. The van der Waals surface area contributed by atoms with E-state index in [0.29, 0.717) is 43.6 Å². The van der Waals surface area contributed by atoms with Crippen molar-refractivity contribution in [2.45, 2.75) is 31.8 Å². The van der Waals surface area contributed by atoms with Gasteiger partial charge in [-0.1, -0.05) is 18.2 Å². The molecule has 4 rings (SSSR count). The Kier molecular flexibility index (Phi) is 6.60. The Hall–Kier alpha value is -3.07. The van der Waals surface area contributed by atoms with Gasteiger partial charge in [0.05, 0.1) is 38.1 Å². The van der Waals surface area contributed by atoms with E-state index in [9.17, 15) is 15.3 Å². The monoisotopic (exact) mass is 566 g/mol. The average Bonchev–Trinajstić information content (AvgIpc) is 2.81. The highest BCUT2D eigenvalue weighted by Crippen LogP contribution is 2.46. The van der Waals surface area contributed by atoms with Crippen LogP contribution in [-0.2, 0) is 11.4 Å². The van der Waals surface area contributed by atoms with Gasteiger partial charge in [0.1, 0.15) is 18.2 Å². The molecule has 2 N–H and O–H groups in total. The van der Waals surface area contributed by atoms with Crippen LogP contribution < -0.4 is 10.5 Å². The Labute approximate surface area is 209 Å². The first-order valence-corrected chi connectivity index (χ1v) is 11.9. The summed E-state index contributed by atoms with van der Waals surface area (Å²) in [6, 6.07) is 15.4. The highest BCUT2D eigenvalue weighted by atomic mass is 79.9. The Bertz CT molecular complexity index is 1280. The summed E-state index contributed by atoms with van der Waals surface area (Å²) in [7, 11) is 1.80. The summed E-state index contributed by atoms with van der Waals surface area (Å²) in [4.78, 5) is 14.7. The molecule has 0 spiro atoms. The molecule has 8 heteroatoms. The van der Waals surface area contributed by atoms with Crippen LogP contribution in [0.3, 0.4) is 0 Å². The summed E-state index contributed by atoms with van der Waals surface area (Å²) in [6.07, 6.45) is 1.98. The molecular formula is C25H20Br2N4O2. The molecule has 0 aromatic heterocycles. The fourth-order valence-corrected chi connectivity index (χ4v) is 5.84. The first-order valence-electron chi connectivity index (χ1n) is 10.4. The van der Waals surface area contributed by atoms with Gasteiger partial charge in [-0.25, -0.2) is 0 Å². The standard InChI is InChI=1S/C25H20Br2N4O2/c1-31-20-7-4-8-21(32)23(20)22(17(12-29)25(31)30)16-9-18(26)24(19(27)10-16)33-13-15-6-3-2-5-14(15)11-28/h2-3,5-6,9-10,22H,4,7-8,13,30H2,1H3/t22-/m1/s1. The van der Waals surface area contributed by atoms with E-state index < -0.39 is 5.92 Å². The van der Waals surface area contributed by atoms with Gasteiger partial charge in [0.25, 0.3) is 0 Å². The van der Waals surface area contributed by atoms with Crippen molar-refractivity contribution in [1.82, 2.24) is 4.90 Å². The second-order valence-electron chi connectivity index (χ2n) is 7.91. The molecule has 0 unspecified atom stereocenters. The number of nitrogens with two attached hydrogens (primary N) is 1. The van der Waals surface area contributed by atoms with Crippen LogP contribution in [0.15, 0.2) is 68.0 Å². The second kappa shape index (κ2) is 9.43. The fourth-order valence-electron chi connectivity index (χ4n) is 4.39.